The molecule has 1 atom stereocenters. The highest BCUT2D eigenvalue weighted by molar-refractivity contribution is 7.57. The lowest BCUT2D eigenvalue weighted by Gasteiger charge is -2.21. The third-order valence-electron chi connectivity index (χ3n) is 3.25. The van der Waals surface area contributed by atoms with E-state index >= 15 is 0 Å². The van der Waals surface area contributed by atoms with E-state index in [9.17, 15) is 19.0 Å². The summed E-state index contributed by atoms with van der Waals surface area (Å²) in [4.78, 5) is 43.8. The molecule has 11 heteroatoms. The Morgan fingerprint density at radius 1 is 1.43 bits per heavy atom. The minimum atomic E-state index is -3.20. The molecule has 0 saturated carbocycles. The van der Waals surface area contributed by atoms with Gasteiger partial charge in [-0.3, -0.25) is 19.1 Å². The third kappa shape index (κ3) is 4.98. The third-order valence-corrected chi connectivity index (χ3v) is 4.28. The SMILES string of the molecule is CP(=O)(O)CCN(CCn1cnc2c(=O)[nH]cnc21)CC(=O)O. The first-order chi connectivity index (χ1) is 10.8. The maximum absolute atomic E-state index is 11.6. The molecule has 23 heavy (non-hydrogen) atoms. The van der Waals surface area contributed by atoms with Crippen molar-refractivity contribution in [1.82, 2.24) is 24.4 Å². The van der Waals surface area contributed by atoms with Gasteiger partial charge in [0.2, 0.25) is 0 Å². The second kappa shape index (κ2) is 7.03. The van der Waals surface area contributed by atoms with Crippen LogP contribution in [0.2, 0.25) is 0 Å². The summed E-state index contributed by atoms with van der Waals surface area (Å²) in [7, 11) is -3.20. The van der Waals surface area contributed by atoms with E-state index in [1.807, 2.05) is 0 Å². The van der Waals surface area contributed by atoms with Crippen molar-refractivity contribution in [2.45, 2.75) is 6.54 Å². The molecular weight excluding hydrogens is 325 g/mol. The first kappa shape index (κ1) is 17.3. The number of carboxylic acid groups (broad SMARTS) is 1. The maximum atomic E-state index is 11.6. The Morgan fingerprint density at radius 2 is 2.17 bits per heavy atom. The fourth-order valence-electron chi connectivity index (χ4n) is 2.09. The number of H-pyrrole nitrogens is 1. The number of nitrogens with zero attached hydrogens (tertiary/aromatic N) is 4. The van der Waals surface area contributed by atoms with Gasteiger partial charge in [0.1, 0.15) is 0 Å². The fraction of sp³-hybridized carbons (Fsp3) is 0.500. The number of hydrogen-bond donors (Lipinski definition) is 3. The molecule has 10 nitrogen and oxygen atoms in total. The molecule has 3 N–H and O–H groups in total. The van der Waals surface area contributed by atoms with Gasteiger partial charge < -0.3 is 19.6 Å². The van der Waals surface area contributed by atoms with Crippen LogP contribution in [0.25, 0.3) is 11.2 Å². The molecule has 0 saturated heterocycles. The highest BCUT2D eigenvalue weighted by atomic mass is 31.2. The van der Waals surface area contributed by atoms with Gasteiger partial charge in [-0.1, -0.05) is 0 Å². The van der Waals surface area contributed by atoms with Crippen molar-refractivity contribution in [3.8, 4) is 0 Å². The zero-order valence-corrected chi connectivity index (χ0v) is 13.4. The molecule has 0 aliphatic heterocycles. The summed E-state index contributed by atoms with van der Waals surface area (Å²) in [5.41, 5.74) is 0.279. The number of aliphatic carboxylic acids is 1. The molecule has 2 heterocycles. The molecule has 0 aliphatic rings. The van der Waals surface area contributed by atoms with Crippen LogP contribution in [0.5, 0.6) is 0 Å². The van der Waals surface area contributed by atoms with Crippen LogP contribution in [0.3, 0.4) is 0 Å². The molecule has 0 bridgehead atoms. The Kier molecular flexibility index (Phi) is 5.30. The Balaban J connectivity index is 2.07. The first-order valence-corrected chi connectivity index (χ1v) is 9.17. The molecule has 0 amide bonds. The molecular formula is C12H18N5O5P. The van der Waals surface area contributed by atoms with Gasteiger partial charge in [-0.25, -0.2) is 9.97 Å². The summed E-state index contributed by atoms with van der Waals surface area (Å²) < 4.78 is 13.0. The zero-order chi connectivity index (χ0) is 17.0. The van der Waals surface area contributed by atoms with Crippen molar-refractivity contribution in [2.75, 3.05) is 32.5 Å². The topological polar surface area (TPSA) is 141 Å². The number of hydrogen-bond acceptors (Lipinski definition) is 6. The van der Waals surface area contributed by atoms with Crippen molar-refractivity contribution in [3.63, 3.8) is 0 Å². The van der Waals surface area contributed by atoms with E-state index in [0.29, 0.717) is 18.7 Å². The Hall–Kier alpha value is -2.03. The largest absolute Gasteiger partial charge is 0.480 e. The van der Waals surface area contributed by atoms with E-state index < -0.39 is 13.3 Å². The minimum Gasteiger partial charge on any atom is -0.480 e. The lowest BCUT2D eigenvalue weighted by atomic mass is 10.4. The molecule has 1 unspecified atom stereocenters. The lowest BCUT2D eigenvalue weighted by Crippen LogP contribution is -2.34. The highest BCUT2D eigenvalue weighted by Gasteiger charge is 2.16. The van der Waals surface area contributed by atoms with Gasteiger partial charge in [0.05, 0.1) is 19.2 Å². The molecule has 0 fully saturated rings. The second-order valence-electron chi connectivity index (χ2n) is 5.29. The van der Waals surface area contributed by atoms with Crippen LogP contribution in [-0.2, 0) is 15.9 Å². The molecule has 2 aromatic rings. The number of imidazole rings is 1. The van der Waals surface area contributed by atoms with Gasteiger partial charge >= 0.3 is 5.97 Å². The fourth-order valence-corrected chi connectivity index (χ4v) is 2.75. The standard InChI is InChI=1S/C12H18N5O5P/c1-23(21,22)5-4-16(6-9(18)19)2-3-17-8-15-10-11(17)13-7-14-12(10)20/h7-8H,2-6H2,1H3,(H,18,19)(H,21,22)(H,13,14,20). The van der Waals surface area contributed by atoms with E-state index in [-0.39, 0.29) is 30.3 Å². The molecule has 0 radical (unpaired) electrons. The maximum Gasteiger partial charge on any atom is 0.317 e. The van der Waals surface area contributed by atoms with Gasteiger partial charge in [0.25, 0.3) is 5.56 Å². The zero-order valence-electron chi connectivity index (χ0n) is 12.5. The average Bonchev–Trinajstić information content (AvgIpc) is 2.85. The van der Waals surface area contributed by atoms with Crippen molar-refractivity contribution >= 4 is 24.5 Å². The highest BCUT2D eigenvalue weighted by Crippen LogP contribution is 2.34. The second-order valence-corrected chi connectivity index (χ2v) is 7.84. The summed E-state index contributed by atoms with van der Waals surface area (Å²) in [6.07, 6.45) is 2.75. The van der Waals surface area contributed by atoms with Crippen LogP contribution < -0.4 is 5.56 Å². The van der Waals surface area contributed by atoms with E-state index in [0.717, 1.165) is 0 Å². The Morgan fingerprint density at radius 3 is 2.83 bits per heavy atom. The normalized spacial score (nSPS) is 14.2. The number of nitrogens with one attached hydrogen (secondary N) is 1. The number of aromatic nitrogens is 4. The molecule has 2 rings (SSSR count). The van der Waals surface area contributed by atoms with E-state index in [4.69, 9.17) is 5.11 Å². The predicted molar refractivity (Wildman–Crippen MR) is 82.8 cm³/mol. The van der Waals surface area contributed by atoms with Gasteiger partial charge in [0, 0.05) is 32.5 Å². The predicted octanol–water partition coefficient (Wildman–Crippen LogP) is -0.594. The summed E-state index contributed by atoms with van der Waals surface area (Å²) in [6.45, 7) is 1.88. The number of fused-ring (bicyclic) bond motifs is 1. The van der Waals surface area contributed by atoms with Crippen LogP contribution in [0.4, 0.5) is 0 Å². The summed E-state index contributed by atoms with van der Waals surface area (Å²) in [5.74, 6) is -1.01. The van der Waals surface area contributed by atoms with Gasteiger partial charge in [0.15, 0.2) is 18.5 Å². The number of aromatic amines is 1. The van der Waals surface area contributed by atoms with Crippen LogP contribution in [-0.4, -0.2) is 72.8 Å². The van der Waals surface area contributed by atoms with Gasteiger partial charge in [-0.05, 0) is 0 Å². The van der Waals surface area contributed by atoms with Crippen LogP contribution in [0.15, 0.2) is 17.4 Å². The summed E-state index contributed by atoms with van der Waals surface area (Å²) >= 11 is 0. The Bertz CT molecular complexity index is 794. The molecule has 0 spiro atoms. The van der Waals surface area contributed by atoms with Gasteiger partial charge in [-0.15, -0.1) is 0 Å². The van der Waals surface area contributed by atoms with E-state index in [1.165, 1.54) is 19.3 Å². The van der Waals surface area contributed by atoms with Crippen molar-refractivity contribution in [1.29, 1.82) is 0 Å². The summed E-state index contributed by atoms with van der Waals surface area (Å²) in [5, 5.41) is 8.93. The van der Waals surface area contributed by atoms with Crippen molar-refractivity contribution in [2.24, 2.45) is 0 Å². The van der Waals surface area contributed by atoms with E-state index in [1.54, 1.807) is 9.47 Å². The van der Waals surface area contributed by atoms with E-state index in [2.05, 4.69) is 15.0 Å². The molecule has 0 aromatic carbocycles. The number of carboxylic acids is 1. The smallest absolute Gasteiger partial charge is 0.317 e. The monoisotopic (exact) mass is 343 g/mol. The molecule has 0 aliphatic carbocycles. The van der Waals surface area contributed by atoms with Gasteiger partial charge in [-0.2, -0.15) is 0 Å². The quantitative estimate of drug-likeness (QED) is 0.540. The van der Waals surface area contributed by atoms with Crippen LogP contribution in [0, 0.1) is 0 Å². The van der Waals surface area contributed by atoms with Crippen LogP contribution >= 0.6 is 7.37 Å². The Labute approximate surface area is 131 Å². The van der Waals surface area contributed by atoms with Crippen molar-refractivity contribution in [3.05, 3.63) is 23.0 Å². The molecule has 2 aromatic heterocycles. The average molecular weight is 343 g/mol. The lowest BCUT2D eigenvalue weighted by molar-refractivity contribution is -0.138. The van der Waals surface area contributed by atoms with Crippen LogP contribution in [0.1, 0.15) is 0 Å². The molecule has 126 valence electrons. The number of rotatable bonds is 8. The summed E-state index contributed by atoms with van der Waals surface area (Å²) in [6, 6.07) is 0. The minimum absolute atomic E-state index is 0.0167. The van der Waals surface area contributed by atoms with Crippen molar-refractivity contribution < 1.29 is 19.4 Å². The first-order valence-electron chi connectivity index (χ1n) is 6.88. The number of carbonyl (C=O) groups is 1.